The summed E-state index contributed by atoms with van der Waals surface area (Å²) in [7, 11) is -1.33. The van der Waals surface area contributed by atoms with Gasteiger partial charge in [0.2, 0.25) is 5.95 Å². The summed E-state index contributed by atoms with van der Waals surface area (Å²) in [6.07, 6.45) is 6.71. The number of hydrogen-bond acceptors (Lipinski definition) is 6. The lowest BCUT2D eigenvalue weighted by Gasteiger charge is -2.21. The Morgan fingerprint density at radius 3 is 2.59 bits per heavy atom. The Bertz CT molecular complexity index is 1140. The van der Waals surface area contributed by atoms with E-state index in [0.717, 1.165) is 35.6 Å². The molecule has 1 aliphatic rings. The first-order valence-electron chi connectivity index (χ1n) is 10.8. The fourth-order valence-corrected chi connectivity index (χ4v) is 6.17. The van der Waals surface area contributed by atoms with Crippen LogP contribution in [0.5, 0.6) is 0 Å². The first kappa shape index (κ1) is 22.8. The number of nitrogen functional groups attached to an aromatic ring is 1. The van der Waals surface area contributed by atoms with Crippen molar-refractivity contribution in [2.75, 3.05) is 10.5 Å². The molecule has 1 aliphatic carbocycles. The molecule has 0 radical (unpaired) electrons. The van der Waals surface area contributed by atoms with E-state index in [0.29, 0.717) is 17.0 Å². The number of nitrogens with zero attached hydrogens (tertiary/aromatic N) is 3. The molecule has 1 fully saturated rings. The van der Waals surface area contributed by atoms with Crippen LogP contribution in [0.4, 0.5) is 16.0 Å². The predicted octanol–water partition coefficient (Wildman–Crippen LogP) is 5.69. The summed E-state index contributed by atoms with van der Waals surface area (Å²) in [6, 6.07) is 6.82. The Morgan fingerprint density at radius 1 is 1.16 bits per heavy atom. The van der Waals surface area contributed by atoms with Crippen LogP contribution in [0.1, 0.15) is 57.9 Å². The van der Waals surface area contributed by atoms with Crippen LogP contribution in [0, 0.1) is 5.82 Å². The number of anilines is 2. The van der Waals surface area contributed by atoms with E-state index in [-0.39, 0.29) is 22.3 Å². The van der Waals surface area contributed by atoms with Gasteiger partial charge < -0.3 is 10.5 Å². The standard InChI is InChI=1S/C23H28FN5OS2/c1-23(2,3)21-28-19(20(31-21)17-12-13-26-22(25)27-17)15-10-7-11-16(18(15)24)29-32(30)14-8-5-4-6-9-14/h7,10-14,29H,4-6,8-9H2,1-3H3,(H2,25,26,27). The lowest BCUT2D eigenvalue weighted by Crippen LogP contribution is -2.24. The number of nitrogens with one attached hydrogen (secondary N) is 1. The summed E-state index contributed by atoms with van der Waals surface area (Å²) in [5.74, 6) is -0.316. The Kier molecular flexibility index (Phi) is 6.57. The number of rotatable bonds is 5. The fourth-order valence-electron chi connectivity index (χ4n) is 3.76. The average molecular weight is 474 g/mol. The molecule has 9 heteroatoms. The fraction of sp³-hybridized carbons (Fsp3) is 0.435. The molecule has 2 heterocycles. The van der Waals surface area contributed by atoms with Crippen LogP contribution in [-0.2, 0) is 16.4 Å². The molecule has 0 spiro atoms. The van der Waals surface area contributed by atoms with Crippen molar-refractivity contribution < 1.29 is 8.60 Å². The largest absolute Gasteiger partial charge is 0.368 e. The highest BCUT2D eigenvalue weighted by Gasteiger charge is 2.27. The Morgan fingerprint density at radius 2 is 1.91 bits per heavy atom. The third kappa shape index (κ3) is 4.83. The number of aromatic nitrogens is 3. The maximum atomic E-state index is 15.7. The van der Waals surface area contributed by atoms with Crippen molar-refractivity contribution in [3.8, 4) is 21.8 Å². The topological polar surface area (TPSA) is 93.8 Å². The molecule has 1 aromatic carbocycles. The molecular formula is C23H28FN5OS2. The van der Waals surface area contributed by atoms with Gasteiger partial charge in [-0.1, -0.05) is 46.1 Å². The highest BCUT2D eigenvalue weighted by Crippen LogP contribution is 2.41. The highest BCUT2D eigenvalue weighted by molar-refractivity contribution is 7.87. The van der Waals surface area contributed by atoms with Crippen LogP contribution in [0.25, 0.3) is 21.8 Å². The highest BCUT2D eigenvalue weighted by atomic mass is 32.2. The van der Waals surface area contributed by atoms with Gasteiger partial charge in [-0.05, 0) is 31.0 Å². The number of thiazole rings is 1. The normalized spacial score (nSPS) is 16.1. The second kappa shape index (κ2) is 9.23. The van der Waals surface area contributed by atoms with Crippen molar-refractivity contribution in [2.45, 2.75) is 63.5 Å². The van der Waals surface area contributed by atoms with Crippen LogP contribution in [0.2, 0.25) is 0 Å². The first-order valence-corrected chi connectivity index (χ1v) is 12.8. The van der Waals surface area contributed by atoms with Gasteiger partial charge in [0, 0.05) is 17.2 Å². The smallest absolute Gasteiger partial charge is 0.220 e. The summed E-state index contributed by atoms with van der Waals surface area (Å²) < 4.78 is 31.4. The predicted molar refractivity (Wildman–Crippen MR) is 130 cm³/mol. The summed E-state index contributed by atoms with van der Waals surface area (Å²) >= 11 is 1.47. The molecule has 1 saturated carbocycles. The molecule has 0 saturated heterocycles. The van der Waals surface area contributed by atoms with E-state index in [1.54, 1.807) is 30.5 Å². The Balaban J connectivity index is 1.75. The zero-order valence-corrected chi connectivity index (χ0v) is 20.2. The minimum atomic E-state index is -1.33. The molecule has 0 bridgehead atoms. The summed E-state index contributed by atoms with van der Waals surface area (Å²) in [6.45, 7) is 6.19. The van der Waals surface area contributed by atoms with E-state index in [2.05, 4.69) is 35.5 Å². The third-order valence-electron chi connectivity index (χ3n) is 5.49. The van der Waals surface area contributed by atoms with Gasteiger partial charge in [0.15, 0.2) is 5.82 Å². The van der Waals surface area contributed by atoms with Crippen molar-refractivity contribution in [1.82, 2.24) is 15.0 Å². The maximum absolute atomic E-state index is 15.7. The van der Waals surface area contributed by atoms with Gasteiger partial charge in [0.1, 0.15) is 11.0 Å². The van der Waals surface area contributed by atoms with Crippen molar-refractivity contribution in [3.05, 3.63) is 41.3 Å². The van der Waals surface area contributed by atoms with Gasteiger partial charge in [0.25, 0.3) is 0 Å². The molecule has 0 amide bonds. The number of benzene rings is 1. The first-order chi connectivity index (χ1) is 15.2. The van der Waals surface area contributed by atoms with Gasteiger partial charge in [-0.25, -0.2) is 23.6 Å². The molecule has 1 atom stereocenters. The lowest BCUT2D eigenvalue weighted by atomic mass is 9.98. The van der Waals surface area contributed by atoms with Crippen LogP contribution < -0.4 is 10.5 Å². The molecule has 3 N–H and O–H groups in total. The number of nitrogens with two attached hydrogens (primary N) is 1. The minimum absolute atomic E-state index is 0.0538. The molecule has 170 valence electrons. The van der Waals surface area contributed by atoms with Crippen LogP contribution in [-0.4, -0.2) is 24.4 Å². The quantitative estimate of drug-likeness (QED) is 0.496. The third-order valence-corrected chi connectivity index (χ3v) is 8.50. The van der Waals surface area contributed by atoms with Gasteiger partial charge in [-0.3, -0.25) is 0 Å². The zero-order chi connectivity index (χ0) is 22.9. The molecular weight excluding hydrogens is 445 g/mol. The Labute approximate surface area is 194 Å². The molecule has 4 rings (SSSR count). The van der Waals surface area contributed by atoms with Gasteiger partial charge in [0.05, 0.1) is 32.2 Å². The number of halogens is 1. The van der Waals surface area contributed by atoms with E-state index in [1.165, 1.54) is 17.8 Å². The monoisotopic (exact) mass is 473 g/mol. The van der Waals surface area contributed by atoms with Crippen molar-refractivity contribution >= 4 is 34.0 Å². The van der Waals surface area contributed by atoms with Crippen LogP contribution >= 0.6 is 11.3 Å². The Hall–Kier alpha value is -2.39. The van der Waals surface area contributed by atoms with E-state index in [9.17, 15) is 4.21 Å². The molecule has 2 aromatic heterocycles. The second-order valence-electron chi connectivity index (χ2n) is 9.07. The molecule has 3 aromatic rings. The van der Waals surface area contributed by atoms with E-state index in [4.69, 9.17) is 10.7 Å². The van der Waals surface area contributed by atoms with Gasteiger partial charge in [-0.15, -0.1) is 11.3 Å². The molecule has 6 nitrogen and oxygen atoms in total. The van der Waals surface area contributed by atoms with Gasteiger partial charge in [-0.2, -0.15) is 0 Å². The van der Waals surface area contributed by atoms with Crippen molar-refractivity contribution in [1.29, 1.82) is 0 Å². The van der Waals surface area contributed by atoms with Gasteiger partial charge >= 0.3 is 0 Å². The maximum Gasteiger partial charge on any atom is 0.220 e. The SMILES string of the molecule is CC(C)(C)c1nc(-c2cccc(NS(=O)C3CCCCC3)c2F)c(-c2ccnc(N)n2)s1. The zero-order valence-electron chi connectivity index (χ0n) is 18.5. The van der Waals surface area contributed by atoms with E-state index >= 15 is 4.39 Å². The lowest BCUT2D eigenvalue weighted by molar-refractivity contribution is 0.505. The molecule has 32 heavy (non-hydrogen) atoms. The summed E-state index contributed by atoms with van der Waals surface area (Å²) in [5, 5.41) is 0.918. The molecule has 1 unspecified atom stereocenters. The van der Waals surface area contributed by atoms with Crippen LogP contribution in [0.15, 0.2) is 30.5 Å². The van der Waals surface area contributed by atoms with E-state index < -0.39 is 16.8 Å². The number of hydrogen-bond donors (Lipinski definition) is 2. The van der Waals surface area contributed by atoms with Crippen molar-refractivity contribution in [3.63, 3.8) is 0 Å². The van der Waals surface area contributed by atoms with E-state index in [1.807, 2.05) is 0 Å². The average Bonchev–Trinajstić information content (AvgIpc) is 3.22. The van der Waals surface area contributed by atoms with Crippen molar-refractivity contribution in [2.24, 2.45) is 0 Å². The second-order valence-corrected chi connectivity index (χ2v) is 11.5. The summed E-state index contributed by atoms with van der Waals surface area (Å²) in [5.41, 5.74) is 7.26. The van der Waals surface area contributed by atoms with Crippen LogP contribution in [0.3, 0.4) is 0 Å². The molecule has 0 aliphatic heterocycles. The minimum Gasteiger partial charge on any atom is -0.368 e. The summed E-state index contributed by atoms with van der Waals surface area (Å²) in [4.78, 5) is 13.8.